The lowest BCUT2D eigenvalue weighted by molar-refractivity contribution is -0.384. The summed E-state index contributed by atoms with van der Waals surface area (Å²) in [5.41, 5.74) is 3.53. The van der Waals surface area contributed by atoms with Crippen LogP contribution in [-0.4, -0.2) is 40.4 Å². The number of rotatable bonds is 6. The molecule has 8 heteroatoms. The van der Waals surface area contributed by atoms with E-state index in [4.69, 9.17) is 4.74 Å². The van der Waals surface area contributed by atoms with E-state index in [2.05, 4.69) is 0 Å². The number of nitrogens with zero attached hydrogens (tertiary/aromatic N) is 4. The number of morpholine rings is 1. The van der Waals surface area contributed by atoms with E-state index in [-0.39, 0.29) is 16.3 Å². The van der Waals surface area contributed by atoms with Gasteiger partial charge in [-0.3, -0.25) is 19.2 Å². The summed E-state index contributed by atoms with van der Waals surface area (Å²) in [6.07, 6.45) is 0. The first kappa shape index (κ1) is 21.0. The number of aromatic nitrogens is 2. The first-order valence-electron chi connectivity index (χ1n) is 10.9. The standard InChI is InChI=1S/C25H24N4O4/c30-25-27(17-19-7-3-1-4-8-19)22-15-21(26-11-13-33-14-12-26)24(29(31)32)16-23(22)28(25)18-20-9-5-2-6-10-20/h1-10,15-16H,11-14,17-18H2. The van der Waals surface area contributed by atoms with Crippen molar-refractivity contribution < 1.29 is 9.66 Å². The molecule has 0 N–H and O–H groups in total. The summed E-state index contributed by atoms with van der Waals surface area (Å²) in [5, 5.41) is 12.0. The maximum Gasteiger partial charge on any atom is 0.329 e. The molecule has 0 saturated carbocycles. The van der Waals surface area contributed by atoms with Crippen LogP contribution in [0.2, 0.25) is 0 Å². The van der Waals surface area contributed by atoms with Gasteiger partial charge < -0.3 is 9.64 Å². The van der Waals surface area contributed by atoms with Crippen LogP contribution >= 0.6 is 0 Å². The molecule has 0 bridgehead atoms. The zero-order valence-electron chi connectivity index (χ0n) is 18.1. The van der Waals surface area contributed by atoms with Gasteiger partial charge in [0.05, 0.1) is 42.3 Å². The second-order valence-corrected chi connectivity index (χ2v) is 8.11. The Balaban J connectivity index is 1.71. The molecule has 8 nitrogen and oxygen atoms in total. The van der Waals surface area contributed by atoms with E-state index < -0.39 is 0 Å². The number of nitro benzene ring substituents is 1. The summed E-state index contributed by atoms with van der Waals surface area (Å²) in [4.78, 5) is 27.2. The van der Waals surface area contributed by atoms with Crippen LogP contribution in [0.15, 0.2) is 77.6 Å². The second kappa shape index (κ2) is 8.91. The van der Waals surface area contributed by atoms with Crippen molar-refractivity contribution in [3.63, 3.8) is 0 Å². The van der Waals surface area contributed by atoms with Gasteiger partial charge in [-0.25, -0.2) is 4.79 Å². The van der Waals surface area contributed by atoms with Crippen LogP contribution in [0, 0.1) is 10.1 Å². The van der Waals surface area contributed by atoms with Crippen molar-refractivity contribution in [3.8, 4) is 0 Å². The minimum atomic E-state index is -0.365. The van der Waals surface area contributed by atoms with E-state index in [0.29, 0.717) is 56.1 Å². The average Bonchev–Trinajstić information content (AvgIpc) is 3.10. The van der Waals surface area contributed by atoms with E-state index in [1.807, 2.05) is 65.6 Å². The zero-order valence-corrected chi connectivity index (χ0v) is 18.1. The molecule has 0 amide bonds. The number of fused-ring (bicyclic) bond motifs is 1. The highest BCUT2D eigenvalue weighted by molar-refractivity contribution is 5.86. The van der Waals surface area contributed by atoms with Crippen molar-refractivity contribution in [2.75, 3.05) is 31.2 Å². The highest BCUT2D eigenvalue weighted by Crippen LogP contribution is 2.34. The summed E-state index contributed by atoms with van der Waals surface area (Å²) in [5.74, 6) is 0. The number of ether oxygens (including phenoxy) is 1. The predicted molar refractivity (Wildman–Crippen MR) is 127 cm³/mol. The van der Waals surface area contributed by atoms with Crippen LogP contribution in [0.1, 0.15) is 11.1 Å². The fourth-order valence-electron chi connectivity index (χ4n) is 4.38. The molecule has 1 aromatic heterocycles. The lowest BCUT2D eigenvalue weighted by Crippen LogP contribution is -2.36. The Hall–Kier alpha value is -3.91. The Bertz CT molecular complexity index is 1340. The topological polar surface area (TPSA) is 82.5 Å². The van der Waals surface area contributed by atoms with Gasteiger partial charge in [0.25, 0.3) is 5.69 Å². The normalized spacial score (nSPS) is 14.0. The van der Waals surface area contributed by atoms with Gasteiger partial charge in [-0.05, 0) is 17.2 Å². The number of nitro groups is 1. The molecular formula is C25H24N4O4. The summed E-state index contributed by atoms with van der Waals surface area (Å²) >= 11 is 0. The highest BCUT2D eigenvalue weighted by atomic mass is 16.6. The van der Waals surface area contributed by atoms with Crippen molar-refractivity contribution in [2.24, 2.45) is 0 Å². The molecular weight excluding hydrogens is 420 g/mol. The Kier molecular flexibility index (Phi) is 5.66. The summed E-state index contributed by atoms with van der Waals surface area (Å²) in [6.45, 7) is 2.90. The number of anilines is 1. The molecule has 1 saturated heterocycles. The minimum Gasteiger partial charge on any atom is -0.378 e. The Labute approximate surface area is 190 Å². The fourth-order valence-corrected chi connectivity index (χ4v) is 4.38. The quantitative estimate of drug-likeness (QED) is 0.335. The first-order chi connectivity index (χ1) is 16.1. The van der Waals surface area contributed by atoms with Gasteiger partial charge in [-0.2, -0.15) is 0 Å². The van der Waals surface area contributed by atoms with E-state index in [0.717, 1.165) is 11.1 Å². The van der Waals surface area contributed by atoms with Crippen molar-refractivity contribution in [1.29, 1.82) is 0 Å². The van der Waals surface area contributed by atoms with E-state index >= 15 is 0 Å². The van der Waals surface area contributed by atoms with Crippen LogP contribution in [0.4, 0.5) is 11.4 Å². The molecule has 0 radical (unpaired) electrons. The van der Waals surface area contributed by atoms with E-state index in [1.54, 1.807) is 21.3 Å². The van der Waals surface area contributed by atoms with Gasteiger partial charge in [-0.1, -0.05) is 60.7 Å². The number of hydrogen-bond donors (Lipinski definition) is 0. The monoisotopic (exact) mass is 444 g/mol. The maximum atomic E-state index is 13.6. The molecule has 1 fully saturated rings. The van der Waals surface area contributed by atoms with Crippen LogP contribution in [0.3, 0.4) is 0 Å². The molecule has 0 aliphatic carbocycles. The molecule has 4 aromatic rings. The van der Waals surface area contributed by atoms with E-state index in [1.165, 1.54) is 0 Å². The number of benzene rings is 3. The third kappa shape index (κ3) is 4.12. The molecule has 2 heterocycles. The number of imidazole rings is 1. The van der Waals surface area contributed by atoms with Gasteiger partial charge >= 0.3 is 5.69 Å². The molecule has 33 heavy (non-hydrogen) atoms. The molecule has 5 rings (SSSR count). The molecule has 0 unspecified atom stereocenters. The third-order valence-electron chi connectivity index (χ3n) is 6.03. The zero-order chi connectivity index (χ0) is 22.8. The predicted octanol–water partition coefficient (Wildman–Crippen LogP) is 3.64. The highest BCUT2D eigenvalue weighted by Gasteiger charge is 2.26. The maximum absolute atomic E-state index is 13.6. The molecule has 1 aliphatic rings. The first-order valence-corrected chi connectivity index (χ1v) is 10.9. The van der Waals surface area contributed by atoms with Crippen LogP contribution in [-0.2, 0) is 17.8 Å². The Morgan fingerprint density at radius 2 is 1.33 bits per heavy atom. The SMILES string of the molecule is O=c1n(Cc2ccccc2)c2cc(N3CCOCC3)c([N+](=O)[O-])cc2n1Cc1ccccc1. The van der Waals surface area contributed by atoms with Crippen molar-refractivity contribution >= 4 is 22.4 Å². The largest absolute Gasteiger partial charge is 0.378 e. The minimum absolute atomic E-state index is 0.00285. The van der Waals surface area contributed by atoms with Crippen molar-refractivity contribution in [1.82, 2.24) is 9.13 Å². The Morgan fingerprint density at radius 1 is 0.818 bits per heavy atom. The molecule has 0 spiro atoms. The third-order valence-corrected chi connectivity index (χ3v) is 6.03. The number of hydrogen-bond acceptors (Lipinski definition) is 5. The van der Waals surface area contributed by atoms with Crippen LogP contribution in [0.5, 0.6) is 0 Å². The van der Waals surface area contributed by atoms with Crippen molar-refractivity contribution in [2.45, 2.75) is 13.1 Å². The molecule has 0 atom stereocenters. The van der Waals surface area contributed by atoms with Crippen LogP contribution in [0.25, 0.3) is 11.0 Å². The summed E-state index contributed by atoms with van der Waals surface area (Å²) in [6, 6.07) is 22.8. The second-order valence-electron chi connectivity index (χ2n) is 8.11. The summed E-state index contributed by atoms with van der Waals surface area (Å²) < 4.78 is 8.77. The average molecular weight is 444 g/mol. The van der Waals surface area contributed by atoms with Gasteiger partial charge in [-0.15, -0.1) is 0 Å². The molecule has 1 aliphatic heterocycles. The molecule has 168 valence electrons. The fraction of sp³-hybridized carbons (Fsp3) is 0.240. The lowest BCUT2D eigenvalue weighted by atomic mass is 10.1. The van der Waals surface area contributed by atoms with Gasteiger partial charge in [0.2, 0.25) is 0 Å². The van der Waals surface area contributed by atoms with Gasteiger partial charge in [0, 0.05) is 19.2 Å². The van der Waals surface area contributed by atoms with E-state index in [9.17, 15) is 14.9 Å². The Morgan fingerprint density at radius 3 is 1.85 bits per heavy atom. The summed E-state index contributed by atoms with van der Waals surface area (Å²) in [7, 11) is 0. The van der Waals surface area contributed by atoms with Crippen molar-refractivity contribution in [3.05, 3.63) is 105 Å². The van der Waals surface area contributed by atoms with Gasteiger partial charge in [0.15, 0.2) is 0 Å². The molecule has 3 aromatic carbocycles. The lowest BCUT2D eigenvalue weighted by Gasteiger charge is -2.28. The van der Waals surface area contributed by atoms with Crippen LogP contribution < -0.4 is 10.6 Å². The van der Waals surface area contributed by atoms with Gasteiger partial charge in [0.1, 0.15) is 5.69 Å². The smallest absolute Gasteiger partial charge is 0.329 e.